The summed E-state index contributed by atoms with van der Waals surface area (Å²) in [4.78, 5) is 16.9. The first kappa shape index (κ1) is 17.8. The van der Waals surface area contributed by atoms with Crippen molar-refractivity contribution in [3.05, 3.63) is 29.8 Å². The molecule has 0 aliphatic carbocycles. The van der Waals surface area contributed by atoms with Gasteiger partial charge in [-0.1, -0.05) is 20.8 Å². The Morgan fingerprint density at radius 2 is 1.78 bits per heavy atom. The topological polar surface area (TPSA) is 55.8 Å². The van der Waals surface area contributed by atoms with Crippen LogP contribution in [0.4, 0.5) is 5.69 Å². The van der Waals surface area contributed by atoms with Crippen LogP contribution in [0.1, 0.15) is 31.1 Å². The smallest absolute Gasteiger partial charge is 0.251 e. The van der Waals surface area contributed by atoms with Gasteiger partial charge in [0.05, 0.1) is 6.10 Å². The molecule has 1 amide bonds. The Kier molecular flexibility index (Phi) is 6.42. The second kappa shape index (κ2) is 8.31. The zero-order valence-electron chi connectivity index (χ0n) is 14.5. The Morgan fingerprint density at radius 1 is 1.17 bits per heavy atom. The summed E-state index contributed by atoms with van der Waals surface area (Å²) >= 11 is 0. The molecule has 2 rings (SSSR count). The molecule has 1 fully saturated rings. The fourth-order valence-electron chi connectivity index (χ4n) is 2.68. The van der Waals surface area contributed by atoms with Crippen LogP contribution < -0.4 is 10.2 Å². The predicted octanol–water partition coefficient (Wildman–Crippen LogP) is 1.58. The van der Waals surface area contributed by atoms with Crippen LogP contribution in [0.2, 0.25) is 0 Å². The van der Waals surface area contributed by atoms with Gasteiger partial charge in [0.25, 0.3) is 5.91 Å². The molecule has 5 heteroatoms. The summed E-state index contributed by atoms with van der Waals surface area (Å²) in [5.41, 5.74) is 1.80. The molecule has 1 saturated heterocycles. The summed E-state index contributed by atoms with van der Waals surface area (Å²) < 4.78 is 0. The van der Waals surface area contributed by atoms with Crippen LogP contribution in [0.25, 0.3) is 0 Å². The minimum atomic E-state index is -0.506. The van der Waals surface area contributed by atoms with Crippen molar-refractivity contribution in [3.63, 3.8) is 0 Å². The molecule has 1 aliphatic heterocycles. The number of rotatable bonds is 6. The number of anilines is 1. The second-order valence-electron chi connectivity index (χ2n) is 6.49. The van der Waals surface area contributed by atoms with Gasteiger partial charge in [-0.3, -0.25) is 4.79 Å². The van der Waals surface area contributed by atoms with E-state index in [1.54, 1.807) is 0 Å². The lowest BCUT2D eigenvalue weighted by Crippen LogP contribution is -2.46. The fraction of sp³-hybridized carbons (Fsp3) is 0.611. The molecular weight excluding hydrogens is 290 g/mol. The highest BCUT2D eigenvalue weighted by Crippen LogP contribution is 2.17. The molecule has 23 heavy (non-hydrogen) atoms. The molecule has 1 heterocycles. The number of carbonyl (C=O) groups is 1. The van der Waals surface area contributed by atoms with Gasteiger partial charge in [0.1, 0.15) is 0 Å². The minimum Gasteiger partial charge on any atom is -0.391 e. The molecule has 1 aliphatic rings. The van der Waals surface area contributed by atoms with Crippen molar-refractivity contribution in [1.29, 1.82) is 0 Å². The first-order valence-corrected chi connectivity index (χ1v) is 8.55. The van der Waals surface area contributed by atoms with Gasteiger partial charge in [-0.15, -0.1) is 0 Å². The Labute approximate surface area is 139 Å². The molecule has 1 aromatic rings. The normalized spacial score (nSPS) is 17.3. The van der Waals surface area contributed by atoms with Crippen molar-refractivity contribution in [3.8, 4) is 0 Å². The number of amides is 1. The highest BCUT2D eigenvalue weighted by Gasteiger charge is 2.16. The van der Waals surface area contributed by atoms with E-state index >= 15 is 0 Å². The number of piperazine rings is 1. The Balaban J connectivity index is 1.88. The summed E-state index contributed by atoms with van der Waals surface area (Å²) in [6.07, 6.45) is -0.506. The van der Waals surface area contributed by atoms with E-state index in [1.807, 2.05) is 38.1 Å². The van der Waals surface area contributed by atoms with E-state index in [4.69, 9.17) is 0 Å². The molecule has 0 saturated carbocycles. The average Bonchev–Trinajstić information content (AvgIpc) is 2.59. The number of nitrogens with one attached hydrogen (secondary N) is 1. The van der Waals surface area contributed by atoms with Crippen LogP contribution in [-0.4, -0.2) is 61.3 Å². The standard InChI is InChI=1S/C18H29N3O2/c1-4-20-9-11-21(12-10-20)16-7-5-15(6-8-16)18(23)19-13-17(22)14(2)3/h5-8,14,17,22H,4,9-13H2,1-3H3,(H,19,23). The maximum atomic E-state index is 12.1. The maximum Gasteiger partial charge on any atom is 0.251 e. The molecule has 1 aromatic carbocycles. The highest BCUT2D eigenvalue weighted by molar-refractivity contribution is 5.94. The number of hydrogen-bond donors (Lipinski definition) is 2. The molecule has 1 unspecified atom stereocenters. The highest BCUT2D eigenvalue weighted by atomic mass is 16.3. The zero-order valence-corrected chi connectivity index (χ0v) is 14.5. The molecule has 0 radical (unpaired) electrons. The van der Waals surface area contributed by atoms with Gasteiger partial charge in [0.15, 0.2) is 0 Å². The van der Waals surface area contributed by atoms with Gasteiger partial charge in [0.2, 0.25) is 0 Å². The third-order valence-corrected chi connectivity index (χ3v) is 4.56. The molecule has 1 atom stereocenters. The summed E-state index contributed by atoms with van der Waals surface area (Å²) in [6.45, 7) is 11.7. The van der Waals surface area contributed by atoms with E-state index in [0.29, 0.717) is 5.56 Å². The Bertz CT molecular complexity index is 493. The SMILES string of the molecule is CCN1CCN(c2ccc(C(=O)NCC(O)C(C)C)cc2)CC1. The lowest BCUT2D eigenvalue weighted by atomic mass is 10.1. The number of likely N-dealkylation sites (N-methyl/N-ethyl adjacent to an activating group) is 1. The molecule has 0 aromatic heterocycles. The Hall–Kier alpha value is -1.59. The summed E-state index contributed by atoms with van der Waals surface area (Å²) in [5.74, 6) is 0.00603. The largest absolute Gasteiger partial charge is 0.391 e. The maximum absolute atomic E-state index is 12.1. The van der Waals surface area contributed by atoms with Crippen molar-refractivity contribution in [2.45, 2.75) is 26.9 Å². The van der Waals surface area contributed by atoms with Crippen molar-refractivity contribution in [2.75, 3.05) is 44.2 Å². The van der Waals surface area contributed by atoms with Gasteiger partial charge < -0.3 is 20.2 Å². The fourth-order valence-corrected chi connectivity index (χ4v) is 2.68. The van der Waals surface area contributed by atoms with Crippen molar-refractivity contribution >= 4 is 11.6 Å². The van der Waals surface area contributed by atoms with Gasteiger partial charge in [-0.2, -0.15) is 0 Å². The summed E-state index contributed by atoms with van der Waals surface area (Å²) in [6, 6.07) is 7.74. The molecular formula is C18H29N3O2. The molecule has 2 N–H and O–H groups in total. The Morgan fingerprint density at radius 3 is 2.30 bits per heavy atom. The van der Waals surface area contributed by atoms with Crippen LogP contribution in [0.5, 0.6) is 0 Å². The second-order valence-corrected chi connectivity index (χ2v) is 6.49. The van der Waals surface area contributed by atoms with Crippen LogP contribution in [0, 0.1) is 5.92 Å². The summed E-state index contributed by atoms with van der Waals surface area (Å²) in [7, 11) is 0. The number of hydrogen-bond acceptors (Lipinski definition) is 4. The van der Waals surface area contributed by atoms with Gasteiger partial charge in [-0.05, 0) is 36.7 Å². The van der Waals surface area contributed by atoms with Crippen molar-refractivity contribution in [1.82, 2.24) is 10.2 Å². The van der Waals surface area contributed by atoms with E-state index in [0.717, 1.165) is 32.7 Å². The van der Waals surface area contributed by atoms with E-state index in [1.165, 1.54) is 5.69 Å². The minimum absolute atomic E-state index is 0.132. The van der Waals surface area contributed by atoms with Gasteiger partial charge in [-0.25, -0.2) is 0 Å². The van der Waals surface area contributed by atoms with Crippen LogP contribution in [0.3, 0.4) is 0 Å². The molecule has 0 spiro atoms. The zero-order chi connectivity index (χ0) is 16.8. The number of aliphatic hydroxyl groups excluding tert-OH is 1. The third kappa shape index (κ3) is 4.94. The predicted molar refractivity (Wildman–Crippen MR) is 93.9 cm³/mol. The first-order chi connectivity index (χ1) is 11.0. The lowest BCUT2D eigenvalue weighted by Gasteiger charge is -2.35. The van der Waals surface area contributed by atoms with E-state index in [9.17, 15) is 9.90 Å². The van der Waals surface area contributed by atoms with Crippen LogP contribution in [-0.2, 0) is 0 Å². The molecule has 0 bridgehead atoms. The third-order valence-electron chi connectivity index (χ3n) is 4.56. The number of benzene rings is 1. The van der Waals surface area contributed by atoms with Gasteiger partial charge in [0, 0.05) is 44.0 Å². The number of nitrogens with zero attached hydrogens (tertiary/aromatic N) is 2. The van der Waals surface area contributed by atoms with E-state index < -0.39 is 6.10 Å². The first-order valence-electron chi connectivity index (χ1n) is 8.55. The number of aliphatic hydroxyl groups is 1. The average molecular weight is 319 g/mol. The molecule has 128 valence electrons. The monoisotopic (exact) mass is 319 g/mol. The lowest BCUT2D eigenvalue weighted by molar-refractivity contribution is 0.0871. The van der Waals surface area contributed by atoms with Crippen molar-refractivity contribution < 1.29 is 9.90 Å². The van der Waals surface area contributed by atoms with E-state index in [2.05, 4.69) is 22.0 Å². The summed E-state index contributed by atoms with van der Waals surface area (Å²) in [5, 5.41) is 12.5. The van der Waals surface area contributed by atoms with Crippen molar-refractivity contribution in [2.24, 2.45) is 5.92 Å². The molecule has 5 nitrogen and oxygen atoms in total. The van der Waals surface area contributed by atoms with Gasteiger partial charge >= 0.3 is 0 Å². The van der Waals surface area contributed by atoms with Crippen LogP contribution in [0.15, 0.2) is 24.3 Å². The van der Waals surface area contributed by atoms with E-state index in [-0.39, 0.29) is 18.4 Å². The number of carbonyl (C=O) groups excluding carboxylic acids is 1. The quantitative estimate of drug-likeness (QED) is 0.836. The van der Waals surface area contributed by atoms with Crippen LogP contribution >= 0.6 is 0 Å².